The summed E-state index contributed by atoms with van der Waals surface area (Å²) < 4.78 is 1.08. The molecule has 1 amide bonds. The van der Waals surface area contributed by atoms with Crippen LogP contribution in [0.3, 0.4) is 0 Å². The lowest BCUT2D eigenvalue weighted by Gasteiger charge is -2.22. The maximum Gasteiger partial charge on any atom is 0.261 e. The molecule has 0 unspecified atom stereocenters. The Bertz CT molecular complexity index is 926. The molecule has 4 nitrogen and oxygen atoms in total. The molecule has 0 N–H and O–H groups in total. The van der Waals surface area contributed by atoms with Crippen molar-refractivity contribution in [2.75, 3.05) is 38.3 Å². The van der Waals surface area contributed by atoms with Gasteiger partial charge >= 0.3 is 0 Å². The highest BCUT2D eigenvalue weighted by Gasteiger charge is 2.23. The van der Waals surface area contributed by atoms with Crippen molar-refractivity contribution in [3.8, 4) is 0 Å². The van der Waals surface area contributed by atoms with E-state index in [9.17, 15) is 4.79 Å². The minimum Gasteiger partial charge on any atom is -0.308 e. The third-order valence-corrected chi connectivity index (χ3v) is 6.08. The highest BCUT2D eigenvalue weighted by atomic mass is 35.5. The molecule has 0 radical (unpaired) electrons. The summed E-state index contributed by atoms with van der Waals surface area (Å²) >= 11 is 9.46. The zero-order valence-corrected chi connectivity index (χ0v) is 17.3. The number of nitrogens with zero attached hydrogens (tertiary/aromatic N) is 3. The number of thiazole rings is 1. The van der Waals surface area contributed by atoms with Crippen molar-refractivity contribution in [3.63, 3.8) is 0 Å². The maximum absolute atomic E-state index is 13.2. The first-order chi connectivity index (χ1) is 12.5. The second kappa shape index (κ2) is 8.39. The zero-order chi connectivity index (χ0) is 18.7. The van der Waals surface area contributed by atoms with E-state index in [1.807, 2.05) is 49.5 Å². The molecule has 136 valence electrons. The smallest absolute Gasteiger partial charge is 0.261 e. The van der Waals surface area contributed by atoms with Gasteiger partial charge in [0.1, 0.15) is 0 Å². The average Bonchev–Trinajstić information content (AvgIpc) is 3.05. The van der Waals surface area contributed by atoms with Crippen LogP contribution < -0.4 is 4.90 Å². The van der Waals surface area contributed by atoms with Crippen molar-refractivity contribution in [1.29, 1.82) is 0 Å². The number of para-hydroxylation sites is 1. The Kier molecular flexibility index (Phi) is 6.19. The molecule has 3 aromatic rings. The third-order valence-electron chi connectivity index (χ3n) is 3.94. The third kappa shape index (κ3) is 4.04. The summed E-state index contributed by atoms with van der Waals surface area (Å²) in [7, 11) is 3.98. The number of hydrogen-bond acceptors (Lipinski definition) is 5. The van der Waals surface area contributed by atoms with Crippen LogP contribution in [0, 0.1) is 0 Å². The first-order valence-electron chi connectivity index (χ1n) is 8.16. The van der Waals surface area contributed by atoms with E-state index >= 15 is 0 Å². The molecule has 0 saturated heterocycles. The largest absolute Gasteiger partial charge is 0.308 e. The van der Waals surface area contributed by atoms with Crippen LogP contribution in [0.2, 0.25) is 5.02 Å². The van der Waals surface area contributed by atoms with E-state index in [1.165, 1.54) is 11.3 Å². The first-order valence-corrected chi connectivity index (χ1v) is 10.6. The van der Waals surface area contributed by atoms with Crippen molar-refractivity contribution in [2.24, 2.45) is 0 Å². The number of carbonyl (C=O) groups excluding carboxylic acids is 1. The van der Waals surface area contributed by atoms with E-state index in [0.29, 0.717) is 22.3 Å². The molecule has 0 atom stereocenters. The molecule has 0 saturated carbocycles. The monoisotopic (exact) mass is 405 g/mol. The second-order valence-electron chi connectivity index (χ2n) is 6.04. The molecule has 0 bridgehead atoms. The van der Waals surface area contributed by atoms with E-state index in [1.54, 1.807) is 28.8 Å². The average molecular weight is 406 g/mol. The molecule has 0 fully saturated rings. The van der Waals surface area contributed by atoms with E-state index < -0.39 is 0 Å². The van der Waals surface area contributed by atoms with Gasteiger partial charge in [0.25, 0.3) is 5.91 Å². The van der Waals surface area contributed by atoms with Crippen LogP contribution in [0.15, 0.2) is 47.4 Å². The first kappa shape index (κ1) is 19.2. The van der Waals surface area contributed by atoms with Crippen LogP contribution in [-0.2, 0) is 0 Å². The lowest BCUT2D eigenvalue weighted by Crippen LogP contribution is -2.36. The minimum atomic E-state index is -0.123. The molecule has 0 aliphatic carbocycles. The minimum absolute atomic E-state index is 0.123. The SMILES string of the molecule is CSc1cccc2sc(N(CCN(C)C)C(=O)c3ccccc3Cl)nc12. The Morgan fingerprint density at radius 3 is 2.62 bits per heavy atom. The van der Waals surface area contributed by atoms with Gasteiger partial charge in [-0.1, -0.05) is 41.1 Å². The summed E-state index contributed by atoms with van der Waals surface area (Å²) in [4.78, 5) is 22.9. The Morgan fingerprint density at radius 2 is 1.92 bits per heavy atom. The van der Waals surface area contributed by atoms with Gasteiger partial charge in [-0.05, 0) is 44.6 Å². The highest BCUT2D eigenvalue weighted by molar-refractivity contribution is 7.98. The fraction of sp³-hybridized carbons (Fsp3) is 0.263. The number of carbonyl (C=O) groups is 1. The molecule has 0 aliphatic rings. The summed E-state index contributed by atoms with van der Waals surface area (Å²) in [6, 6.07) is 13.3. The lowest BCUT2D eigenvalue weighted by atomic mass is 10.2. The van der Waals surface area contributed by atoms with Gasteiger partial charge in [-0.2, -0.15) is 0 Å². The highest BCUT2D eigenvalue weighted by Crippen LogP contribution is 2.35. The number of fused-ring (bicyclic) bond motifs is 1. The molecular weight excluding hydrogens is 386 g/mol. The second-order valence-corrected chi connectivity index (χ2v) is 8.31. The predicted octanol–water partition coefficient (Wildman–Crippen LogP) is 4.88. The summed E-state index contributed by atoms with van der Waals surface area (Å²) in [6.07, 6.45) is 2.03. The molecule has 0 spiro atoms. The summed E-state index contributed by atoms with van der Waals surface area (Å²) in [5.74, 6) is -0.123. The normalized spacial score (nSPS) is 11.3. The van der Waals surface area contributed by atoms with Gasteiger partial charge in [0, 0.05) is 18.0 Å². The van der Waals surface area contributed by atoms with Gasteiger partial charge in [-0.3, -0.25) is 9.69 Å². The number of benzene rings is 2. The molecule has 2 aromatic carbocycles. The maximum atomic E-state index is 13.2. The van der Waals surface area contributed by atoms with E-state index in [0.717, 1.165) is 21.7 Å². The van der Waals surface area contributed by atoms with Gasteiger partial charge in [-0.25, -0.2) is 4.98 Å². The van der Waals surface area contributed by atoms with Crippen molar-refractivity contribution < 1.29 is 4.79 Å². The van der Waals surface area contributed by atoms with Gasteiger partial charge in [0.2, 0.25) is 0 Å². The molecule has 3 rings (SSSR count). The van der Waals surface area contributed by atoms with Crippen molar-refractivity contribution in [2.45, 2.75) is 4.90 Å². The fourth-order valence-corrected chi connectivity index (χ4v) is 4.42. The number of anilines is 1. The van der Waals surface area contributed by atoms with Gasteiger partial charge in [-0.15, -0.1) is 11.8 Å². The van der Waals surface area contributed by atoms with Crippen molar-refractivity contribution in [1.82, 2.24) is 9.88 Å². The number of hydrogen-bond donors (Lipinski definition) is 0. The zero-order valence-electron chi connectivity index (χ0n) is 14.9. The van der Waals surface area contributed by atoms with E-state index in [4.69, 9.17) is 16.6 Å². The van der Waals surface area contributed by atoms with Gasteiger partial charge in [0.05, 0.1) is 20.8 Å². The molecular formula is C19H20ClN3OS2. The van der Waals surface area contributed by atoms with Crippen molar-refractivity contribution in [3.05, 3.63) is 53.1 Å². The van der Waals surface area contributed by atoms with Crippen LogP contribution in [0.5, 0.6) is 0 Å². The van der Waals surface area contributed by atoms with Crippen LogP contribution in [0.1, 0.15) is 10.4 Å². The summed E-state index contributed by atoms with van der Waals surface area (Å²) in [6.45, 7) is 1.28. The topological polar surface area (TPSA) is 36.4 Å². The predicted molar refractivity (Wildman–Crippen MR) is 113 cm³/mol. The summed E-state index contributed by atoms with van der Waals surface area (Å²) in [5, 5.41) is 1.16. The van der Waals surface area contributed by atoms with Gasteiger partial charge in [0.15, 0.2) is 5.13 Å². The Labute approximate surface area is 166 Å². The van der Waals surface area contributed by atoms with E-state index in [-0.39, 0.29) is 5.91 Å². The Hall–Kier alpha value is -1.60. The molecule has 26 heavy (non-hydrogen) atoms. The van der Waals surface area contributed by atoms with Gasteiger partial charge < -0.3 is 4.90 Å². The van der Waals surface area contributed by atoms with Crippen LogP contribution in [0.25, 0.3) is 10.2 Å². The van der Waals surface area contributed by atoms with Crippen LogP contribution >= 0.6 is 34.7 Å². The lowest BCUT2D eigenvalue weighted by molar-refractivity contribution is 0.0985. The number of aromatic nitrogens is 1. The molecule has 0 aliphatic heterocycles. The summed E-state index contributed by atoms with van der Waals surface area (Å²) in [5.41, 5.74) is 1.44. The number of halogens is 1. The van der Waals surface area contributed by atoms with Crippen LogP contribution in [-0.4, -0.2) is 49.2 Å². The molecule has 1 aromatic heterocycles. The number of amides is 1. The number of rotatable bonds is 6. The van der Waals surface area contributed by atoms with E-state index in [2.05, 4.69) is 6.07 Å². The van der Waals surface area contributed by atoms with Crippen molar-refractivity contribution >= 4 is 56.0 Å². The molecule has 7 heteroatoms. The Morgan fingerprint density at radius 1 is 1.15 bits per heavy atom. The number of likely N-dealkylation sites (N-methyl/N-ethyl adjacent to an activating group) is 1. The number of thioether (sulfide) groups is 1. The molecule has 1 heterocycles. The Balaban J connectivity index is 2.04. The fourth-order valence-electron chi connectivity index (χ4n) is 2.56. The van der Waals surface area contributed by atoms with Crippen LogP contribution in [0.4, 0.5) is 5.13 Å². The quantitative estimate of drug-likeness (QED) is 0.547. The standard InChI is InChI=1S/C19H20ClN3OS2/c1-22(2)11-12-23(18(24)13-7-4-5-8-14(13)20)19-21-17-15(25-3)9-6-10-16(17)26-19/h4-10H,11-12H2,1-3H3.